The molecule has 12 heteroatoms. The summed E-state index contributed by atoms with van der Waals surface area (Å²) in [5, 5.41) is 12.2. The molecule has 3 aromatic rings. The normalized spacial score (nSPS) is 17.0. The van der Waals surface area contributed by atoms with E-state index in [1.54, 1.807) is 24.1 Å². The number of hydrazine groups is 1. The summed E-state index contributed by atoms with van der Waals surface area (Å²) in [7, 11) is 0. The maximum absolute atomic E-state index is 13.7. The first-order valence-corrected chi connectivity index (χ1v) is 14.9. The molecule has 0 atom stereocenters. The number of hydrogen-bond donors (Lipinski definition) is 3. The number of rotatable bonds is 10. The van der Waals surface area contributed by atoms with Crippen molar-refractivity contribution in [1.29, 1.82) is 0 Å². The Kier molecular flexibility index (Phi) is 8.68. The lowest BCUT2D eigenvalue weighted by Gasteiger charge is -2.33. The molecular weight excluding hydrogens is 550 g/mol. The fraction of sp³-hybridized carbons (Fsp3) is 0.419. The number of H-pyrrole nitrogens is 1. The molecule has 226 valence electrons. The molecule has 2 saturated heterocycles. The number of anilines is 1. The molecule has 0 spiro atoms. The molecule has 6 rings (SSSR count). The molecule has 2 aromatic carbocycles. The largest absolute Gasteiger partial charge is 0.492 e. The number of fused-ring (bicyclic) bond motifs is 3. The zero-order valence-corrected chi connectivity index (χ0v) is 24.4. The van der Waals surface area contributed by atoms with Gasteiger partial charge in [-0.15, -0.1) is 0 Å². The van der Waals surface area contributed by atoms with Gasteiger partial charge in [-0.25, -0.2) is 9.80 Å². The number of nitrogens with zero attached hydrogens (tertiary/aromatic N) is 4. The summed E-state index contributed by atoms with van der Waals surface area (Å²) in [5.74, 6) is 0.340. The van der Waals surface area contributed by atoms with Crippen LogP contribution in [0.1, 0.15) is 35.7 Å². The van der Waals surface area contributed by atoms with Crippen molar-refractivity contribution in [3.63, 3.8) is 0 Å². The van der Waals surface area contributed by atoms with E-state index in [4.69, 9.17) is 9.47 Å². The van der Waals surface area contributed by atoms with Gasteiger partial charge in [0.05, 0.1) is 35.7 Å². The first kappa shape index (κ1) is 28.8. The molecule has 2 aliphatic heterocycles. The van der Waals surface area contributed by atoms with Crippen LogP contribution in [0.2, 0.25) is 0 Å². The Hall–Kier alpha value is -4.26. The smallest absolute Gasteiger partial charge is 0.333 e. The van der Waals surface area contributed by atoms with E-state index in [-0.39, 0.29) is 18.3 Å². The Morgan fingerprint density at radius 1 is 0.953 bits per heavy atom. The van der Waals surface area contributed by atoms with Crippen LogP contribution in [-0.2, 0) is 9.53 Å². The van der Waals surface area contributed by atoms with Gasteiger partial charge < -0.3 is 14.8 Å². The second-order valence-corrected chi connectivity index (χ2v) is 10.9. The monoisotopic (exact) mass is 587 g/mol. The Balaban J connectivity index is 1.07. The summed E-state index contributed by atoms with van der Waals surface area (Å²) in [6, 6.07) is 12.6. The Bertz CT molecular complexity index is 1470. The van der Waals surface area contributed by atoms with Crippen LogP contribution >= 0.6 is 0 Å². The molecule has 3 aliphatic rings. The predicted octanol–water partition coefficient (Wildman–Crippen LogP) is 2.98. The maximum atomic E-state index is 13.7. The van der Waals surface area contributed by atoms with Crippen LogP contribution in [-0.4, -0.2) is 108 Å². The van der Waals surface area contributed by atoms with Gasteiger partial charge >= 0.3 is 12.0 Å². The highest BCUT2D eigenvalue weighted by Crippen LogP contribution is 2.43. The maximum Gasteiger partial charge on any atom is 0.333 e. The molecule has 43 heavy (non-hydrogen) atoms. The second kappa shape index (κ2) is 12.9. The number of carbonyl (C=O) groups excluding carboxylic acids is 3. The van der Waals surface area contributed by atoms with Gasteiger partial charge in [-0.2, -0.15) is 5.10 Å². The van der Waals surface area contributed by atoms with Crippen molar-refractivity contribution < 1.29 is 23.9 Å². The summed E-state index contributed by atoms with van der Waals surface area (Å²) in [6.07, 6.45) is 2.52. The zero-order chi connectivity index (χ0) is 29.8. The zero-order valence-electron chi connectivity index (χ0n) is 24.4. The van der Waals surface area contributed by atoms with Crippen molar-refractivity contribution >= 4 is 23.5 Å². The second-order valence-electron chi connectivity index (χ2n) is 10.9. The minimum atomic E-state index is -0.436. The van der Waals surface area contributed by atoms with Crippen LogP contribution in [0.5, 0.6) is 5.75 Å². The standard InChI is InChI=1S/C31H37N7O5/c1-2-42-25(39)20-37-14-16-38(17-15-37)35-31(41)32-24-7-5-6-23-26(24)30(40)27-28(33-34-29(23)27)21-8-10-22(11-9-21)43-19-18-36-12-3-4-13-36/h5-11H,2-4,12-20H2,1H3,(H,33,34)(H2,32,35,41). The van der Waals surface area contributed by atoms with Crippen LogP contribution < -0.4 is 15.5 Å². The van der Waals surface area contributed by atoms with Crippen molar-refractivity contribution in [3.05, 3.63) is 53.6 Å². The minimum Gasteiger partial charge on any atom is -0.492 e. The van der Waals surface area contributed by atoms with E-state index in [0.29, 0.717) is 73.2 Å². The van der Waals surface area contributed by atoms with Crippen molar-refractivity contribution in [2.24, 2.45) is 0 Å². The highest BCUT2D eigenvalue weighted by atomic mass is 16.5. The molecule has 3 heterocycles. The average Bonchev–Trinajstić information content (AvgIpc) is 3.74. The molecule has 0 unspecified atom stereocenters. The van der Waals surface area contributed by atoms with Gasteiger partial charge in [0.25, 0.3) is 0 Å². The fourth-order valence-corrected chi connectivity index (χ4v) is 5.91. The number of ketones is 1. The summed E-state index contributed by atoms with van der Waals surface area (Å²) < 4.78 is 10.9. The molecule has 0 saturated carbocycles. The van der Waals surface area contributed by atoms with Crippen molar-refractivity contribution in [3.8, 4) is 28.3 Å². The molecule has 1 aromatic heterocycles. The van der Waals surface area contributed by atoms with Gasteiger partial charge in [-0.05, 0) is 63.2 Å². The molecule has 3 N–H and O–H groups in total. The molecular formula is C31H37N7O5. The number of likely N-dealkylation sites (tertiary alicyclic amines) is 1. The quantitative estimate of drug-likeness (QED) is 0.240. The molecule has 12 nitrogen and oxygen atoms in total. The Morgan fingerprint density at radius 3 is 2.47 bits per heavy atom. The first-order chi connectivity index (χ1) is 21.0. The number of carbonyl (C=O) groups is 3. The number of esters is 1. The molecule has 2 fully saturated rings. The molecule has 2 amide bonds. The van der Waals surface area contributed by atoms with E-state index in [1.807, 2.05) is 35.2 Å². The van der Waals surface area contributed by atoms with Crippen LogP contribution in [0.4, 0.5) is 10.5 Å². The average molecular weight is 588 g/mol. The van der Waals surface area contributed by atoms with Crippen LogP contribution in [0.3, 0.4) is 0 Å². The van der Waals surface area contributed by atoms with E-state index < -0.39 is 6.03 Å². The lowest BCUT2D eigenvalue weighted by molar-refractivity contribution is -0.144. The van der Waals surface area contributed by atoms with Crippen LogP contribution in [0.25, 0.3) is 22.5 Å². The van der Waals surface area contributed by atoms with Crippen LogP contribution in [0, 0.1) is 0 Å². The predicted molar refractivity (Wildman–Crippen MR) is 161 cm³/mol. The van der Waals surface area contributed by atoms with E-state index in [9.17, 15) is 14.4 Å². The van der Waals surface area contributed by atoms with E-state index in [1.165, 1.54) is 12.8 Å². The highest BCUT2D eigenvalue weighted by molar-refractivity contribution is 6.26. The molecule has 0 bridgehead atoms. The van der Waals surface area contributed by atoms with E-state index in [0.717, 1.165) is 30.9 Å². The van der Waals surface area contributed by atoms with Crippen molar-refractivity contribution in [2.75, 3.05) is 70.9 Å². The van der Waals surface area contributed by atoms with Crippen molar-refractivity contribution in [1.82, 2.24) is 30.4 Å². The summed E-state index contributed by atoms with van der Waals surface area (Å²) in [6.45, 7) is 8.57. The highest BCUT2D eigenvalue weighted by Gasteiger charge is 2.35. The molecule has 0 radical (unpaired) electrons. The number of aromatic amines is 1. The topological polar surface area (TPSA) is 132 Å². The van der Waals surface area contributed by atoms with Gasteiger partial charge in [0.15, 0.2) is 5.78 Å². The van der Waals surface area contributed by atoms with Gasteiger partial charge in [-0.1, -0.05) is 12.1 Å². The van der Waals surface area contributed by atoms with E-state index >= 15 is 0 Å². The number of amides is 2. The Morgan fingerprint density at radius 2 is 1.72 bits per heavy atom. The number of benzene rings is 2. The number of nitrogens with one attached hydrogen (secondary N) is 3. The minimum absolute atomic E-state index is 0.192. The van der Waals surface area contributed by atoms with Crippen LogP contribution in [0.15, 0.2) is 42.5 Å². The van der Waals surface area contributed by atoms with Gasteiger partial charge in [0.1, 0.15) is 18.1 Å². The first-order valence-electron chi connectivity index (χ1n) is 14.9. The number of piperazine rings is 1. The lowest BCUT2D eigenvalue weighted by atomic mass is 10.0. The summed E-state index contributed by atoms with van der Waals surface area (Å²) >= 11 is 0. The third kappa shape index (κ3) is 6.41. The van der Waals surface area contributed by atoms with E-state index in [2.05, 4.69) is 25.8 Å². The SMILES string of the molecule is CCOC(=O)CN1CCN(NC(=O)Nc2cccc3c2C(=O)c2c(-c4ccc(OCCN5CCCC5)cc4)n[nH]c2-3)CC1. The molecule has 1 aliphatic carbocycles. The summed E-state index contributed by atoms with van der Waals surface area (Å²) in [5.41, 5.74) is 6.92. The Labute approximate surface area is 250 Å². The number of urea groups is 1. The van der Waals surface area contributed by atoms with Crippen molar-refractivity contribution in [2.45, 2.75) is 19.8 Å². The number of hydrogen-bond acceptors (Lipinski definition) is 9. The third-order valence-corrected chi connectivity index (χ3v) is 8.10. The van der Waals surface area contributed by atoms with Gasteiger partial charge in [0, 0.05) is 43.9 Å². The summed E-state index contributed by atoms with van der Waals surface area (Å²) in [4.78, 5) is 42.8. The number of ether oxygens (including phenoxy) is 2. The van der Waals surface area contributed by atoms with Gasteiger partial charge in [0.2, 0.25) is 0 Å². The lowest BCUT2D eigenvalue weighted by Crippen LogP contribution is -2.55. The van der Waals surface area contributed by atoms with Gasteiger partial charge in [-0.3, -0.25) is 29.9 Å². The number of aromatic nitrogens is 2. The fourth-order valence-electron chi connectivity index (χ4n) is 5.91. The third-order valence-electron chi connectivity index (χ3n) is 8.10.